The monoisotopic (exact) mass is 195 g/mol. The van der Waals surface area contributed by atoms with Crippen molar-refractivity contribution in [3.8, 4) is 0 Å². The molecule has 0 amide bonds. The van der Waals surface area contributed by atoms with Gasteiger partial charge in [0.2, 0.25) is 0 Å². The second-order valence-corrected chi connectivity index (χ2v) is 3.66. The Hall–Kier alpha value is 1.78. The van der Waals surface area contributed by atoms with Gasteiger partial charge in [-0.15, -0.1) is 0 Å². The molecule has 31 valence electrons. The summed E-state index contributed by atoms with van der Waals surface area (Å²) in [5.74, 6) is 0. The van der Waals surface area contributed by atoms with Gasteiger partial charge in [0.25, 0.3) is 0 Å². The van der Waals surface area contributed by atoms with Crippen molar-refractivity contribution in [2.45, 2.75) is 0 Å². The van der Waals surface area contributed by atoms with E-state index in [0.29, 0.717) is 0 Å². The molecule has 0 fully saturated rings. The van der Waals surface area contributed by atoms with Gasteiger partial charge in [-0.1, -0.05) is 6.30 Å². The van der Waals surface area contributed by atoms with Crippen LogP contribution >= 0.6 is 18.2 Å². The Kier molecular flexibility index (Phi) is 12.1. The normalized spacial score (nSPS) is 12.2. The molecule has 0 aliphatic heterocycles. The van der Waals surface area contributed by atoms with Crippen LogP contribution in [0.4, 0.5) is 0 Å². The fraction of sp³-hybridized carbons (Fsp3) is 0. The van der Waals surface area contributed by atoms with Crippen molar-refractivity contribution >= 4 is 31.6 Å². The molecule has 0 spiro atoms. The molecule has 0 saturated heterocycles. The van der Waals surface area contributed by atoms with Crippen molar-refractivity contribution in [2.75, 3.05) is 0 Å². The molecule has 0 heterocycles. The van der Waals surface area contributed by atoms with E-state index in [1.54, 1.807) is 0 Å². The Balaban J connectivity index is 0. The van der Waals surface area contributed by atoms with Crippen molar-refractivity contribution < 1.29 is 37.6 Å². The minimum atomic E-state index is -1.43. The molecule has 6 heavy (non-hydrogen) atoms. The summed E-state index contributed by atoms with van der Waals surface area (Å²) in [5, 5.41) is 0. The zero-order chi connectivity index (χ0) is 4.28. The Bertz CT molecular complexity index is 50.8. The topological polar surface area (TPSA) is 20.2 Å². The van der Waals surface area contributed by atoms with Gasteiger partial charge in [0.15, 0.2) is 7.12 Å². The predicted octanol–water partition coefficient (Wildman–Crippen LogP) is 0.269. The molecule has 0 aliphatic carbocycles. The van der Waals surface area contributed by atoms with E-state index in [-0.39, 0.29) is 32.7 Å². The van der Waals surface area contributed by atoms with Crippen LogP contribution in [-0.2, 0) is 32.7 Å². The van der Waals surface area contributed by atoms with E-state index in [0.717, 1.165) is 11.2 Å². The maximum Gasteiger partial charge on any atom is 0.170 e. The molecule has 0 bridgehead atoms. The Labute approximate surface area is 68.7 Å². The van der Waals surface area contributed by atoms with Gasteiger partial charge < -0.3 is 4.89 Å². The second kappa shape index (κ2) is 6.78. The van der Waals surface area contributed by atoms with Crippen LogP contribution in [0.5, 0.6) is 0 Å². The van der Waals surface area contributed by atoms with Gasteiger partial charge in [-0.25, -0.2) is 0 Å². The van der Waals surface area contributed by atoms with Crippen LogP contribution in [0.2, 0.25) is 0 Å². The van der Waals surface area contributed by atoms with Gasteiger partial charge in [-0.2, -0.15) is 11.2 Å². The maximum atomic E-state index is 8.19. The summed E-state index contributed by atoms with van der Waals surface area (Å²) in [6.45, 7) is -1.43. The molecule has 0 aromatic carbocycles. The first-order valence-electron chi connectivity index (χ1n) is 1.02. The van der Waals surface area contributed by atoms with Crippen molar-refractivity contribution in [1.29, 1.82) is 0 Å². The summed E-state index contributed by atoms with van der Waals surface area (Å²) in [6.07, 6.45) is 3.25. The zero-order valence-electron chi connectivity index (χ0n) is 3.22. The van der Waals surface area contributed by atoms with E-state index in [1.165, 1.54) is 0 Å². The first-order valence-corrected chi connectivity index (χ1v) is 4.28. The minimum Gasteiger partial charge on any atom is -0.370 e. The molecule has 0 rings (SSSR count). The molecule has 1 N–H and O–H groups in total. The van der Waals surface area contributed by atoms with Gasteiger partial charge in [-0.05, 0) is 0 Å². The van der Waals surface area contributed by atoms with Crippen molar-refractivity contribution in [2.24, 2.45) is 0 Å². The molecule has 0 saturated carbocycles. The minimum absolute atomic E-state index is 0. The molecular weight excluding hydrogens is 191 g/mol. The molecule has 1 unspecified atom stereocenters. The number of hydrogen-bond donors (Lipinski definition) is 1. The molecule has 3 radical (unpaired) electrons. The van der Waals surface area contributed by atoms with Gasteiger partial charge in [-0.3, -0.25) is 0 Å². The predicted molar refractivity (Wildman–Crippen MR) is 31.0 cm³/mol. The van der Waals surface area contributed by atoms with Crippen LogP contribution < -0.4 is 0 Å². The Morgan fingerprint density at radius 2 is 2.00 bits per heavy atom. The quantitative estimate of drug-likeness (QED) is 0.478. The summed E-state index contributed by atoms with van der Waals surface area (Å²) in [5.41, 5.74) is 0. The third-order valence-corrected chi connectivity index (χ3v) is 1.22. The molecule has 5 heteroatoms. The Morgan fingerprint density at radius 1 is 1.83 bits per heavy atom. The largest absolute Gasteiger partial charge is 0.370 e. The van der Waals surface area contributed by atoms with Gasteiger partial charge in [0.05, 0.1) is 0 Å². The number of hydrogen-bond acceptors (Lipinski definition) is 2. The van der Waals surface area contributed by atoms with Crippen LogP contribution in [0.15, 0.2) is 0 Å². The SMILES string of the molecule is [B]S[PH](=C)O.[Y]. The summed E-state index contributed by atoms with van der Waals surface area (Å²) in [7, 11) is 4.82. The summed E-state index contributed by atoms with van der Waals surface area (Å²) in [4.78, 5) is 8.19. The molecular formula is CH4BOPSY. The fourth-order valence-electron chi connectivity index (χ4n) is 0. The van der Waals surface area contributed by atoms with E-state index in [2.05, 4.69) is 6.30 Å². The van der Waals surface area contributed by atoms with E-state index in [9.17, 15) is 0 Å². The van der Waals surface area contributed by atoms with E-state index < -0.39 is 6.97 Å². The van der Waals surface area contributed by atoms with Crippen LogP contribution in [0.3, 0.4) is 0 Å². The van der Waals surface area contributed by atoms with Gasteiger partial charge in [0.1, 0.15) is 0 Å². The third-order valence-electron chi connectivity index (χ3n) is 0.136. The molecule has 1 nitrogen and oxygen atoms in total. The average molecular weight is 195 g/mol. The van der Waals surface area contributed by atoms with Crippen molar-refractivity contribution in [3.05, 3.63) is 0 Å². The molecule has 1 atom stereocenters. The van der Waals surface area contributed by atoms with Crippen LogP contribution in [0, 0.1) is 0 Å². The van der Waals surface area contributed by atoms with Crippen LogP contribution in [-0.4, -0.2) is 18.3 Å². The van der Waals surface area contributed by atoms with Crippen LogP contribution in [0.25, 0.3) is 0 Å². The van der Waals surface area contributed by atoms with E-state index in [4.69, 9.17) is 12.0 Å². The summed E-state index contributed by atoms with van der Waals surface area (Å²) in [6, 6.07) is 0. The number of rotatable bonds is 1. The standard InChI is InChI=1S/CH4BOPS.Y/c1-4(3)5-2;/h3-4H,1H2;. The van der Waals surface area contributed by atoms with E-state index in [1.807, 2.05) is 0 Å². The third kappa shape index (κ3) is 9.24. The summed E-state index contributed by atoms with van der Waals surface area (Å²) < 4.78 is 0. The molecule has 0 aliphatic rings. The van der Waals surface area contributed by atoms with Crippen molar-refractivity contribution in [3.63, 3.8) is 0 Å². The van der Waals surface area contributed by atoms with Crippen LogP contribution in [0.1, 0.15) is 0 Å². The second-order valence-electron chi connectivity index (χ2n) is 0.512. The average Bonchev–Trinajstić information content (AvgIpc) is 1.38. The van der Waals surface area contributed by atoms with Crippen molar-refractivity contribution in [1.82, 2.24) is 0 Å². The first-order chi connectivity index (χ1) is 2.27. The zero-order valence-corrected chi connectivity index (χ0v) is 7.87. The maximum absolute atomic E-state index is 8.19. The first kappa shape index (κ1) is 10.7. The summed E-state index contributed by atoms with van der Waals surface area (Å²) >= 11 is 0.926. The molecule has 0 aromatic rings. The molecule has 0 aromatic heterocycles. The van der Waals surface area contributed by atoms with Gasteiger partial charge >= 0.3 is 0 Å². The fourth-order valence-corrected chi connectivity index (χ4v) is 0. The van der Waals surface area contributed by atoms with Gasteiger partial charge in [0, 0.05) is 39.7 Å². The van der Waals surface area contributed by atoms with E-state index >= 15 is 0 Å². The smallest absolute Gasteiger partial charge is 0.170 e. The Morgan fingerprint density at radius 3 is 2.00 bits per heavy atom.